The van der Waals surface area contributed by atoms with Gasteiger partial charge < -0.3 is 5.32 Å². The fourth-order valence-electron chi connectivity index (χ4n) is 2.67. The SMILES string of the molecule is C[C@@H](C(=O)NC(=O)NC1CCCCC1)N(C)Cc1cccs1. The summed E-state index contributed by atoms with van der Waals surface area (Å²) >= 11 is 1.66. The molecule has 0 bridgehead atoms. The van der Waals surface area contributed by atoms with Crippen LogP contribution in [-0.4, -0.2) is 36.0 Å². The van der Waals surface area contributed by atoms with E-state index < -0.39 is 0 Å². The zero-order chi connectivity index (χ0) is 15.9. The van der Waals surface area contributed by atoms with Crippen LogP contribution in [0.15, 0.2) is 17.5 Å². The van der Waals surface area contributed by atoms with Crippen molar-refractivity contribution >= 4 is 23.3 Å². The Morgan fingerprint density at radius 1 is 1.36 bits per heavy atom. The number of thiophene rings is 1. The average Bonchev–Trinajstić information content (AvgIpc) is 3.00. The zero-order valence-electron chi connectivity index (χ0n) is 13.3. The lowest BCUT2D eigenvalue weighted by Crippen LogP contribution is -2.50. The summed E-state index contributed by atoms with van der Waals surface area (Å²) in [6.07, 6.45) is 5.56. The molecule has 5 nitrogen and oxygen atoms in total. The third kappa shape index (κ3) is 5.10. The van der Waals surface area contributed by atoms with Crippen LogP contribution in [0.25, 0.3) is 0 Å². The minimum atomic E-state index is -0.367. The van der Waals surface area contributed by atoms with Crippen molar-refractivity contribution in [2.45, 2.75) is 57.7 Å². The van der Waals surface area contributed by atoms with Gasteiger partial charge in [-0.3, -0.25) is 15.0 Å². The molecule has 0 spiro atoms. The second kappa shape index (κ2) is 8.29. The highest BCUT2D eigenvalue weighted by atomic mass is 32.1. The fourth-order valence-corrected chi connectivity index (χ4v) is 3.44. The lowest BCUT2D eigenvalue weighted by atomic mass is 9.96. The number of carbonyl (C=O) groups excluding carboxylic acids is 2. The molecule has 0 saturated heterocycles. The first-order chi connectivity index (χ1) is 10.6. The number of amides is 3. The molecule has 1 aliphatic carbocycles. The summed E-state index contributed by atoms with van der Waals surface area (Å²) in [5.74, 6) is -0.257. The Morgan fingerprint density at radius 2 is 2.09 bits per heavy atom. The fraction of sp³-hybridized carbons (Fsp3) is 0.625. The van der Waals surface area contributed by atoms with Crippen molar-refractivity contribution in [2.75, 3.05) is 7.05 Å². The molecule has 1 heterocycles. The summed E-state index contributed by atoms with van der Waals surface area (Å²) in [6, 6.07) is 3.53. The van der Waals surface area contributed by atoms with Gasteiger partial charge in [0.25, 0.3) is 0 Å². The predicted octanol–water partition coefficient (Wildman–Crippen LogP) is 2.73. The quantitative estimate of drug-likeness (QED) is 0.876. The normalized spacial score (nSPS) is 17.2. The summed E-state index contributed by atoms with van der Waals surface area (Å²) < 4.78 is 0. The molecular weight excluding hydrogens is 298 g/mol. The largest absolute Gasteiger partial charge is 0.335 e. The lowest BCUT2D eigenvalue weighted by molar-refractivity contribution is -0.124. The van der Waals surface area contributed by atoms with E-state index in [2.05, 4.69) is 10.6 Å². The van der Waals surface area contributed by atoms with Gasteiger partial charge in [-0.15, -0.1) is 11.3 Å². The maximum absolute atomic E-state index is 12.2. The van der Waals surface area contributed by atoms with E-state index in [0.29, 0.717) is 6.54 Å². The van der Waals surface area contributed by atoms with Crippen LogP contribution in [0.2, 0.25) is 0 Å². The molecule has 22 heavy (non-hydrogen) atoms. The third-order valence-electron chi connectivity index (χ3n) is 4.20. The molecule has 1 fully saturated rings. The van der Waals surface area contributed by atoms with Crippen molar-refractivity contribution in [1.82, 2.24) is 15.5 Å². The number of nitrogens with one attached hydrogen (secondary N) is 2. The number of hydrogen-bond donors (Lipinski definition) is 2. The molecule has 0 radical (unpaired) electrons. The Hall–Kier alpha value is -1.40. The molecule has 1 atom stereocenters. The number of likely N-dealkylation sites (N-methyl/N-ethyl adjacent to an activating group) is 1. The van der Waals surface area contributed by atoms with E-state index in [1.54, 1.807) is 11.3 Å². The summed E-state index contributed by atoms with van der Waals surface area (Å²) in [5, 5.41) is 7.38. The number of nitrogens with zero attached hydrogens (tertiary/aromatic N) is 1. The molecule has 1 aromatic rings. The van der Waals surface area contributed by atoms with Crippen LogP contribution in [0.4, 0.5) is 4.79 Å². The maximum atomic E-state index is 12.2. The molecule has 2 rings (SSSR count). The molecule has 1 aliphatic rings. The molecule has 0 aliphatic heterocycles. The monoisotopic (exact) mass is 323 g/mol. The molecule has 3 amide bonds. The van der Waals surface area contributed by atoms with Crippen LogP contribution in [0.1, 0.15) is 43.9 Å². The van der Waals surface area contributed by atoms with Gasteiger partial charge in [-0.1, -0.05) is 25.3 Å². The van der Waals surface area contributed by atoms with E-state index in [-0.39, 0.29) is 24.0 Å². The van der Waals surface area contributed by atoms with Gasteiger partial charge >= 0.3 is 6.03 Å². The van der Waals surface area contributed by atoms with E-state index >= 15 is 0 Å². The summed E-state index contributed by atoms with van der Waals surface area (Å²) in [7, 11) is 1.89. The van der Waals surface area contributed by atoms with Crippen LogP contribution >= 0.6 is 11.3 Å². The minimum absolute atomic E-state index is 0.209. The van der Waals surface area contributed by atoms with E-state index in [1.165, 1.54) is 11.3 Å². The lowest BCUT2D eigenvalue weighted by Gasteiger charge is -2.25. The number of hydrogen-bond acceptors (Lipinski definition) is 4. The van der Waals surface area contributed by atoms with Crippen LogP contribution < -0.4 is 10.6 Å². The second-order valence-electron chi connectivity index (χ2n) is 5.97. The Kier molecular flexibility index (Phi) is 6.39. The molecule has 1 aromatic heterocycles. The van der Waals surface area contributed by atoms with Crippen molar-refractivity contribution in [3.05, 3.63) is 22.4 Å². The second-order valence-corrected chi connectivity index (χ2v) is 7.00. The van der Waals surface area contributed by atoms with Crippen molar-refractivity contribution < 1.29 is 9.59 Å². The maximum Gasteiger partial charge on any atom is 0.321 e. The van der Waals surface area contributed by atoms with Crippen molar-refractivity contribution in [1.29, 1.82) is 0 Å². The van der Waals surface area contributed by atoms with Gasteiger partial charge in [0.2, 0.25) is 5.91 Å². The van der Waals surface area contributed by atoms with E-state index in [4.69, 9.17) is 0 Å². The topological polar surface area (TPSA) is 61.4 Å². The predicted molar refractivity (Wildman–Crippen MR) is 88.8 cm³/mol. The Labute approximate surface area is 136 Å². The van der Waals surface area contributed by atoms with Crippen LogP contribution in [0.5, 0.6) is 0 Å². The van der Waals surface area contributed by atoms with E-state index in [9.17, 15) is 9.59 Å². The molecular formula is C16H25N3O2S. The Balaban J connectivity index is 1.76. The van der Waals surface area contributed by atoms with Gasteiger partial charge in [0.05, 0.1) is 6.04 Å². The molecule has 2 N–H and O–H groups in total. The highest BCUT2D eigenvalue weighted by Crippen LogP contribution is 2.17. The molecule has 0 unspecified atom stereocenters. The third-order valence-corrected chi connectivity index (χ3v) is 5.06. The Morgan fingerprint density at radius 3 is 2.73 bits per heavy atom. The molecule has 6 heteroatoms. The van der Waals surface area contributed by atoms with Crippen molar-refractivity contribution in [3.63, 3.8) is 0 Å². The number of carbonyl (C=O) groups is 2. The standard InChI is InChI=1S/C16H25N3O2S/c1-12(19(2)11-14-9-6-10-22-14)15(20)18-16(21)17-13-7-4-3-5-8-13/h6,9-10,12-13H,3-5,7-8,11H2,1-2H3,(H2,17,18,20,21)/t12-/m0/s1. The van der Waals surface area contributed by atoms with E-state index in [0.717, 1.165) is 25.7 Å². The van der Waals surface area contributed by atoms with E-state index in [1.807, 2.05) is 36.4 Å². The average molecular weight is 323 g/mol. The van der Waals surface area contributed by atoms with Crippen LogP contribution in [-0.2, 0) is 11.3 Å². The molecule has 0 aromatic carbocycles. The molecule has 122 valence electrons. The number of imide groups is 1. The summed E-state index contributed by atoms with van der Waals surface area (Å²) in [5.41, 5.74) is 0. The van der Waals surface area contributed by atoms with Gasteiger partial charge in [-0.05, 0) is 38.3 Å². The van der Waals surface area contributed by atoms with Gasteiger partial charge in [0.1, 0.15) is 0 Å². The molecule has 1 saturated carbocycles. The van der Waals surface area contributed by atoms with Crippen molar-refractivity contribution in [2.24, 2.45) is 0 Å². The van der Waals surface area contributed by atoms with Gasteiger partial charge in [-0.25, -0.2) is 4.79 Å². The first kappa shape index (κ1) is 17.0. The first-order valence-electron chi connectivity index (χ1n) is 7.90. The summed E-state index contributed by atoms with van der Waals surface area (Å²) in [6.45, 7) is 2.52. The Bertz CT molecular complexity index is 484. The van der Waals surface area contributed by atoms with Crippen LogP contribution in [0, 0.1) is 0 Å². The highest BCUT2D eigenvalue weighted by molar-refractivity contribution is 7.09. The number of urea groups is 1. The first-order valence-corrected chi connectivity index (χ1v) is 8.78. The zero-order valence-corrected chi connectivity index (χ0v) is 14.1. The van der Waals surface area contributed by atoms with Crippen LogP contribution in [0.3, 0.4) is 0 Å². The smallest absolute Gasteiger partial charge is 0.321 e. The summed E-state index contributed by atoms with van der Waals surface area (Å²) in [4.78, 5) is 27.2. The van der Waals surface area contributed by atoms with Crippen molar-refractivity contribution in [3.8, 4) is 0 Å². The highest BCUT2D eigenvalue weighted by Gasteiger charge is 2.22. The minimum Gasteiger partial charge on any atom is -0.335 e. The van der Waals surface area contributed by atoms with Gasteiger partial charge in [-0.2, -0.15) is 0 Å². The number of rotatable bonds is 5. The van der Waals surface area contributed by atoms with Gasteiger partial charge in [0.15, 0.2) is 0 Å². The van der Waals surface area contributed by atoms with Gasteiger partial charge in [0, 0.05) is 17.5 Å².